The van der Waals surface area contributed by atoms with Gasteiger partial charge in [0.05, 0.1) is 5.69 Å². The highest BCUT2D eigenvalue weighted by Gasteiger charge is 2.24. The number of hydrogen-bond acceptors (Lipinski definition) is 4. The van der Waals surface area contributed by atoms with Gasteiger partial charge in [0.25, 0.3) is 0 Å². The van der Waals surface area contributed by atoms with Gasteiger partial charge in [-0.1, -0.05) is 30.3 Å². The van der Waals surface area contributed by atoms with Gasteiger partial charge in [-0.2, -0.15) is 0 Å². The van der Waals surface area contributed by atoms with Crippen LogP contribution in [0.5, 0.6) is 5.75 Å². The fourth-order valence-corrected chi connectivity index (χ4v) is 2.59. The van der Waals surface area contributed by atoms with E-state index in [0.29, 0.717) is 13.0 Å². The lowest BCUT2D eigenvalue weighted by molar-refractivity contribution is -0.138. The van der Waals surface area contributed by atoms with Crippen LogP contribution in [0.2, 0.25) is 0 Å². The second kappa shape index (κ2) is 6.62. The summed E-state index contributed by atoms with van der Waals surface area (Å²) in [5, 5.41) is 8.96. The Kier molecular flexibility index (Phi) is 4.39. The molecule has 0 saturated carbocycles. The number of nitrogens with zero attached hydrogens (tertiary/aromatic N) is 1. The molecule has 3 rings (SSSR count). The van der Waals surface area contributed by atoms with Gasteiger partial charge >= 0.3 is 5.97 Å². The molecule has 5 nitrogen and oxygen atoms in total. The summed E-state index contributed by atoms with van der Waals surface area (Å²) in [5.41, 5.74) is 8.54. The van der Waals surface area contributed by atoms with Gasteiger partial charge in [-0.25, -0.2) is 0 Å². The fourth-order valence-electron chi connectivity index (χ4n) is 2.59. The quantitative estimate of drug-likeness (QED) is 0.859. The number of fused-ring (bicyclic) bond motifs is 1. The molecular formula is C18H18N2O3. The van der Waals surface area contributed by atoms with Crippen molar-refractivity contribution >= 4 is 17.9 Å². The SMILES string of the molecule is N[C@@H](C[C@H]1C=Nc2ccc(OCc3ccccc3)cc21)C(=O)O. The monoisotopic (exact) mass is 310 g/mol. The normalized spacial score (nSPS) is 16.8. The second-order valence-electron chi connectivity index (χ2n) is 5.56. The Morgan fingerprint density at radius 2 is 2.04 bits per heavy atom. The number of benzene rings is 2. The third-order valence-electron chi connectivity index (χ3n) is 3.87. The Bertz CT molecular complexity index is 728. The first-order chi connectivity index (χ1) is 11.1. The minimum absolute atomic E-state index is 0.0867. The maximum Gasteiger partial charge on any atom is 0.320 e. The summed E-state index contributed by atoms with van der Waals surface area (Å²) in [7, 11) is 0. The summed E-state index contributed by atoms with van der Waals surface area (Å²) in [6, 6.07) is 14.7. The van der Waals surface area contributed by atoms with Gasteiger partial charge in [-0.3, -0.25) is 9.79 Å². The van der Waals surface area contributed by atoms with Gasteiger partial charge in [0.15, 0.2) is 0 Å². The number of aliphatic carboxylic acids is 1. The molecule has 3 N–H and O–H groups in total. The highest BCUT2D eigenvalue weighted by Crippen LogP contribution is 2.37. The molecule has 0 saturated heterocycles. The molecular weight excluding hydrogens is 292 g/mol. The van der Waals surface area contributed by atoms with Gasteiger partial charge in [-0.05, 0) is 35.7 Å². The molecule has 0 spiro atoms. The van der Waals surface area contributed by atoms with Crippen molar-refractivity contribution in [1.29, 1.82) is 0 Å². The summed E-state index contributed by atoms with van der Waals surface area (Å²) in [4.78, 5) is 15.3. The molecule has 0 fully saturated rings. The van der Waals surface area contributed by atoms with E-state index >= 15 is 0 Å². The van der Waals surface area contributed by atoms with E-state index in [0.717, 1.165) is 22.6 Å². The van der Waals surface area contributed by atoms with E-state index in [4.69, 9.17) is 15.6 Å². The number of hydrogen-bond donors (Lipinski definition) is 2. The Balaban J connectivity index is 1.70. The Labute approximate surface area is 134 Å². The minimum Gasteiger partial charge on any atom is -0.489 e. The summed E-state index contributed by atoms with van der Waals surface area (Å²) in [6.07, 6.45) is 2.09. The van der Waals surface area contributed by atoms with Crippen LogP contribution >= 0.6 is 0 Å². The van der Waals surface area contributed by atoms with Crippen LogP contribution in [0.4, 0.5) is 5.69 Å². The standard InChI is InChI=1S/C18H18N2O3/c19-16(18(21)22)8-13-10-20-17-7-6-14(9-15(13)17)23-11-12-4-2-1-3-5-12/h1-7,9-10,13,16H,8,11,19H2,(H,21,22)/t13-,16-/m0/s1. The Hall–Kier alpha value is -2.66. The van der Waals surface area contributed by atoms with Crippen molar-refractivity contribution in [3.63, 3.8) is 0 Å². The second-order valence-corrected chi connectivity index (χ2v) is 5.56. The number of carboxylic acid groups (broad SMARTS) is 1. The zero-order valence-corrected chi connectivity index (χ0v) is 12.6. The smallest absolute Gasteiger partial charge is 0.320 e. The van der Waals surface area contributed by atoms with Crippen molar-refractivity contribution in [1.82, 2.24) is 0 Å². The van der Waals surface area contributed by atoms with Crippen LogP contribution in [0.1, 0.15) is 23.5 Å². The van der Waals surface area contributed by atoms with Gasteiger partial charge < -0.3 is 15.6 Å². The number of carbonyl (C=O) groups is 1. The molecule has 0 unspecified atom stereocenters. The van der Waals surface area contributed by atoms with Crippen LogP contribution in [0.25, 0.3) is 0 Å². The molecule has 2 aromatic rings. The average molecular weight is 310 g/mol. The van der Waals surface area contributed by atoms with E-state index in [1.54, 1.807) is 6.21 Å². The number of ether oxygens (including phenoxy) is 1. The molecule has 1 aliphatic heterocycles. The van der Waals surface area contributed by atoms with Crippen LogP contribution < -0.4 is 10.5 Å². The van der Waals surface area contributed by atoms with Crippen molar-refractivity contribution in [2.75, 3.05) is 0 Å². The van der Waals surface area contributed by atoms with E-state index in [2.05, 4.69) is 4.99 Å². The molecule has 0 amide bonds. The molecule has 1 aliphatic rings. The maximum absolute atomic E-state index is 10.9. The lowest BCUT2D eigenvalue weighted by atomic mass is 9.94. The first-order valence-electron chi connectivity index (χ1n) is 7.47. The molecule has 118 valence electrons. The first kappa shape index (κ1) is 15.2. The van der Waals surface area contributed by atoms with Crippen molar-refractivity contribution in [2.24, 2.45) is 10.7 Å². The number of carboxylic acids is 1. The molecule has 0 radical (unpaired) electrons. The van der Waals surface area contributed by atoms with E-state index in [1.807, 2.05) is 48.5 Å². The molecule has 2 atom stereocenters. The summed E-state index contributed by atoms with van der Waals surface area (Å²) >= 11 is 0. The average Bonchev–Trinajstić information content (AvgIpc) is 2.96. The lowest BCUT2D eigenvalue weighted by Crippen LogP contribution is -2.31. The number of aliphatic imine (C=N–C) groups is 1. The van der Waals surface area contributed by atoms with Gasteiger partial charge in [0.2, 0.25) is 0 Å². The first-order valence-corrected chi connectivity index (χ1v) is 7.47. The van der Waals surface area contributed by atoms with Gasteiger partial charge in [0, 0.05) is 12.1 Å². The highest BCUT2D eigenvalue weighted by atomic mass is 16.5. The lowest BCUT2D eigenvalue weighted by Gasteiger charge is -2.14. The molecule has 0 bridgehead atoms. The molecule has 0 aromatic heterocycles. The third-order valence-corrected chi connectivity index (χ3v) is 3.87. The summed E-state index contributed by atoms with van der Waals surface area (Å²) in [5.74, 6) is -0.341. The number of rotatable bonds is 6. The zero-order valence-electron chi connectivity index (χ0n) is 12.6. The molecule has 1 heterocycles. The Morgan fingerprint density at radius 3 is 2.78 bits per heavy atom. The predicted molar refractivity (Wildman–Crippen MR) is 88.3 cm³/mol. The largest absolute Gasteiger partial charge is 0.489 e. The van der Waals surface area contributed by atoms with Crippen molar-refractivity contribution < 1.29 is 14.6 Å². The minimum atomic E-state index is -0.997. The topological polar surface area (TPSA) is 84.9 Å². The van der Waals surface area contributed by atoms with E-state index in [9.17, 15) is 4.79 Å². The van der Waals surface area contributed by atoms with Crippen molar-refractivity contribution in [2.45, 2.75) is 25.0 Å². The fraction of sp³-hybridized carbons (Fsp3) is 0.222. The van der Waals surface area contributed by atoms with Crippen molar-refractivity contribution in [3.05, 3.63) is 59.7 Å². The highest BCUT2D eigenvalue weighted by molar-refractivity contribution is 5.82. The van der Waals surface area contributed by atoms with Crippen LogP contribution in [0.15, 0.2) is 53.5 Å². The zero-order chi connectivity index (χ0) is 16.2. The summed E-state index contributed by atoms with van der Waals surface area (Å²) in [6.45, 7) is 0.486. The van der Waals surface area contributed by atoms with Crippen LogP contribution in [-0.4, -0.2) is 23.3 Å². The molecule has 0 aliphatic carbocycles. The molecule has 23 heavy (non-hydrogen) atoms. The third kappa shape index (κ3) is 3.57. The van der Waals surface area contributed by atoms with Crippen LogP contribution in [0.3, 0.4) is 0 Å². The maximum atomic E-state index is 10.9. The predicted octanol–water partition coefficient (Wildman–Crippen LogP) is 2.87. The van der Waals surface area contributed by atoms with Crippen molar-refractivity contribution in [3.8, 4) is 5.75 Å². The van der Waals surface area contributed by atoms with E-state index in [1.165, 1.54) is 0 Å². The van der Waals surface area contributed by atoms with E-state index in [-0.39, 0.29) is 5.92 Å². The Morgan fingerprint density at radius 1 is 1.26 bits per heavy atom. The molecule has 5 heteroatoms. The van der Waals surface area contributed by atoms with Gasteiger partial charge in [0.1, 0.15) is 18.4 Å². The van der Waals surface area contributed by atoms with Crippen LogP contribution in [-0.2, 0) is 11.4 Å². The number of nitrogens with two attached hydrogens (primary N) is 1. The van der Waals surface area contributed by atoms with Crippen LogP contribution in [0, 0.1) is 0 Å². The summed E-state index contributed by atoms with van der Waals surface area (Å²) < 4.78 is 5.81. The van der Waals surface area contributed by atoms with E-state index < -0.39 is 12.0 Å². The van der Waals surface area contributed by atoms with Gasteiger partial charge in [-0.15, -0.1) is 0 Å². The molecule has 2 aromatic carbocycles.